The summed E-state index contributed by atoms with van der Waals surface area (Å²) in [4.78, 5) is 13.8. The van der Waals surface area contributed by atoms with E-state index >= 15 is 0 Å². The first-order valence-corrected chi connectivity index (χ1v) is 5.61. The van der Waals surface area contributed by atoms with Crippen molar-refractivity contribution in [3.8, 4) is 0 Å². The van der Waals surface area contributed by atoms with Gasteiger partial charge in [0.15, 0.2) is 0 Å². The fourth-order valence-electron chi connectivity index (χ4n) is 2.02. The van der Waals surface area contributed by atoms with Gasteiger partial charge in [0.1, 0.15) is 23.8 Å². The number of non-ortho nitro benzene ring substituents is 1. The van der Waals surface area contributed by atoms with Gasteiger partial charge in [-0.15, -0.1) is 0 Å². The zero-order valence-electron chi connectivity index (χ0n) is 10.5. The molecule has 1 heterocycles. The number of nitro groups is 1. The topological polar surface area (TPSA) is 90.8 Å². The van der Waals surface area contributed by atoms with E-state index in [0.29, 0.717) is 0 Å². The molecule has 2 rings (SSSR count). The highest BCUT2D eigenvalue weighted by Crippen LogP contribution is 2.36. The van der Waals surface area contributed by atoms with E-state index in [1.165, 1.54) is 13.0 Å². The molecule has 106 valence electrons. The van der Waals surface area contributed by atoms with Gasteiger partial charge >= 0.3 is 0 Å². The molecule has 20 heavy (non-hydrogen) atoms. The Bertz CT molecular complexity index is 610. The molecule has 0 amide bonds. The van der Waals surface area contributed by atoms with Crippen molar-refractivity contribution < 1.29 is 18.4 Å². The van der Waals surface area contributed by atoms with Gasteiger partial charge in [-0.25, -0.2) is 13.8 Å². The summed E-state index contributed by atoms with van der Waals surface area (Å²) in [6.07, 6.45) is 1.24. The van der Waals surface area contributed by atoms with E-state index in [1.807, 2.05) is 0 Å². The number of allylic oxidation sites excluding steroid dienone is 1. The number of nitrogens with zero attached hydrogens (tertiary/aromatic N) is 2. The number of nitrogens with two attached hydrogens (primary N) is 1. The van der Waals surface area contributed by atoms with Gasteiger partial charge < -0.3 is 10.5 Å². The quantitative estimate of drug-likeness (QED) is 0.679. The van der Waals surface area contributed by atoms with Crippen LogP contribution in [0.15, 0.2) is 35.0 Å². The van der Waals surface area contributed by atoms with Crippen molar-refractivity contribution in [2.45, 2.75) is 12.5 Å². The summed E-state index contributed by atoms with van der Waals surface area (Å²) in [6.45, 7) is 0.397. The van der Waals surface area contributed by atoms with Crippen LogP contribution in [0.2, 0.25) is 0 Å². The SMILES string of the molecule is CC1=C[C@@](CF)(c2cc([N+](=O)[O-])ccc2F)N=C(N)O1. The Morgan fingerprint density at radius 1 is 1.55 bits per heavy atom. The van der Waals surface area contributed by atoms with Crippen LogP contribution in [0.3, 0.4) is 0 Å². The maximum Gasteiger partial charge on any atom is 0.288 e. The third-order valence-electron chi connectivity index (χ3n) is 2.85. The molecule has 1 aromatic carbocycles. The van der Waals surface area contributed by atoms with Gasteiger partial charge in [-0.05, 0) is 19.1 Å². The predicted octanol–water partition coefficient (Wildman–Crippen LogP) is 2.15. The zero-order valence-corrected chi connectivity index (χ0v) is 10.5. The van der Waals surface area contributed by atoms with Crippen LogP contribution in [0.25, 0.3) is 0 Å². The molecule has 0 fully saturated rings. The Morgan fingerprint density at radius 3 is 2.80 bits per heavy atom. The van der Waals surface area contributed by atoms with Gasteiger partial charge in [0.05, 0.1) is 4.92 Å². The van der Waals surface area contributed by atoms with Crippen molar-refractivity contribution in [2.75, 3.05) is 6.67 Å². The van der Waals surface area contributed by atoms with Crippen molar-refractivity contribution in [3.05, 3.63) is 51.5 Å². The van der Waals surface area contributed by atoms with Gasteiger partial charge in [0, 0.05) is 17.7 Å². The number of rotatable bonds is 3. The largest absolute Gasteiger partial charge is 0.431 e. The van der Waals surface area contributed by atoms with Crippen LogP contribution in [0.4, 0.5) is 14.5 Å². The lowest BCUT2D eigenvalue weighted by molar-refractivity contribution is -0.385. The van der Waals surface area contributed by atoms with Gasteiger partial charge in [-0.1, -0.05) is 0 Å². The first kappa shape index (κ1) is 13.9. The normalized spacial score (nSPS) is 21.8. The molecule has 0 saturated heterocycles. The third-order valence-corrected chi connectivity index (χ3v) is 2.85. The maximum absolute atomic E-state index is 13.9. The summed E-state index contributed by atoms with van der Waals surface area (Å²) in [7, 11) is 0. The summed E-state index contributed by atoms with van der Waals surface area (Å²) in [6, 6.07) is 2.51. The standard InChI is InChI=1S/C12H11F2N3O3/c1-7-5-12(6-13,16-11(15)20-7)9-4-8(17(18)19)2-3-10(9)14/h2-5H,6H2,1H3,(H2,15,16)/t12-/m1/s1. The van der Waals surface area contributed by atoms with Gasteiger partial charge in [-0.2, -0.15) is 0 Å². The van der Waals surface area contributed by atoms with Gasteiger partial charge in [0.25, 0.3) is 11.7 Å². The van der Waals surface area contributed by atoms with Crippen LogP contribution < -0.4 is 5.73 Å². The van der Waals surface area contributed by atoms with E-state index in [0.717, 1.165) is 18.2 Å². The fourth-order valence-corrected chi connectivity index (χ4v) is 2.02. The second-order valence-electron chi connectivity index (χ2n) is 4.29. The van der Waals surface area contributed by atoms with E-state index in [-0.39, 0.29) is 23.0 Å². The molecule has 6 nitrogen and oxygen atoms in total. The summed E-state index contributed by atoms with van der Waals surface area (Å²) in [5.41, 5.74) is 3.05. The summed E-state index contributed by atoms with van der Waals surface area (Å²) < 4.78 is 32.4. The Labute approximate surface area is 112 Å². The number of hydrogen-bond acceptors (Lipinski definition) is 5. The van der Waals surface area contributed by atoms with E-state index in [2.05, 4.69) is 4.99 Å². The van der Waals surface area contributed by atoms with Crippen LogP contribution >= 0.6 is 0 Å². The second kappa shape index (κ2) is 4.87. The minimum absolute atomic E-state index is 0.237. The Morgan fingerprint density at radius 2 is 2.25 bits per heavy atom. The molecule has 8 heteroatoms. The maximum atomic E-state index is 13.9. The minimum Gasteiger partial charge on any atom is -0.431 e. The van der Waals surface area contributed by atoms with E-state index < -0.39 is 23.0 Å². The molecule has 0 spiro atoms. The van der Waals surface area contributed by atoms with Crippen molar-refractivity contribution in [1.82, 2.24) is 0 Å². The molecular weight excluding hydrogens is 272 g/mol. The number of alkyl halides is 1. The van der Waals surface area contributed by atoms with Gasteiger partial charge in [0.2, 0.25) is 0 Å². The van der Waals surface area contributed by atoms with Crippen molar-refractivity contribution >= 4 is 11.7 Å². The molecule has 0 bridgehead atoms. The molecule has 1 atom stereocenters. The van der Waals surface area contributed by atoms with Crippen LogP contribution in [-0.2, 0) is 10.3 Å². The number of aliphatic imine (C=N–C) groups is 1. The molecule has 0 aromatic heterocycles. The number of halogens is 2. The molecule has 1 aliphatic heterocycles. The number of hydrogen-bond donors (Lipinski definition) is 1. The number of ether oxygens (including phenoxy) is 1. The third kappa shape index (κ3) is 2.31. The summed E-state index contributed by atoms with van der Waals surface area (Å²) in [5, 5.41) is 10.8. The highest BCUT2D eigenvalue weighted by atomic mass is 19.1. The smallest absolute Gasteiger partial charge is 0.288 e. The predicted molar refractivity (Wildman–Crippen MR) is 67.2 cm³/mol. The average Bonchev–Trinajstić information content (AvgIpc) is 2.37. The van der Waals surface area contributed by atoms with Crippen LogP contribution in [0, 0.1) is 15.9 Å². The number of nitro benzene ring substituents is 1. The molecule has 0 saturated carbocycles. The molecule has 0 unspecified atom stereocenters. The summed E-state index contributed by atoms with van der Waals surface area (Å²) in [5.74, 6) is -0.572. The average molecular weight is 283 g/mol. The van der Waals surface area contributed by atoms with Crippen molar-refractivity contribution in [1.29, 1.82) is 0 Å². The van der Waals surface area contributed by atoms with Crippen LogP contribution in [0.5, 0.6) is 0 Å². The molecule has 0 aliphatic carbocycles. The Kier molecular flexibility index (Phi) is 3.39. The van der Waals surface area contributed by atoms with E-state index in [9.17, 15) is 18.9 Å². The van der Waals surface area contributed by atoms with Crippen LogP contribution in [-0.4, -0.2) is 17.6 Å². The number of amidine groups is 1. The molecule has 0 radical (unpaired) electrons. The molecular formula is C12H11F2N3O3. The van der Waals surface area contributed by atoms with Crippen molar-refractivity contribution in [3.63, 3.8) is 0 Å². The second-order valence-corrected chi connectivity index (χ2v) is 4.29. The number of benzene rings is 1. The molecule has 1 aromatic rings. The molecule has 2 N–H and O–H groups in total. The highest BCUT2D eigenvalue weighted by Gasteiger charge is 2.37. The van der Waals surface area contributed by atoms with Crippen molar-refractivity contribution in [2.24, 2.45) is 10.7 Å². The summed E-state index contributed by atoms with van der Waals surface area (Å²) >= 11 is 0. The lowest BCUT2D eigenvalue weighted by Crippen LogP contribution is -2.34. The lowest BCUT2D eigenvalue weighted by atomic mass is 9.89. The minimum atomic E-state index is -1.75. The zero-order chi connectivity index (χ0) is 14.9. The first-order chi connectivity index (χ1) is 9.38. The fraction of sp³-hybridized carbons (Fsp3) is 0.250. The first-order valence-electron chi connectivity index (χ1n) is 5.61. The van der Waals surface area contributed by atoms with Crippen LogP contribution in [0.1, 0.15) is 12.5 Å². The highest BCUT2D eigenvalue weighted by molar-refractivity contribution is 5.75. The Hall–Kier alpha value is -2.51. The lowest BCUT2D eigenvalue weighted by Gasteiger charge is -2.28. The van der Waals surface area contributed by atoms with E-state index in [1.54, 1.807) is 0 Å². The monoisotopic (exact) mass is 283 g/mol. The van der Waals surface area contributed by atoms with E-state index in [4.69, 9.17) is 10.5 Å². The van der Waals surface area contributed by atoms with Gasteiger partial charge in [-0.3, -0.25) is 10.1 Å². The Balaban J connectivity index is 2.65. The molecule has 1 aliphatic rings.